The lowest BCUT2D eigenvalue weighted by molar-refractivity contribution is 0.479. The summed E-state index contributed by atoms with van der Waals surface area (Å²) in [6.45, 7) is 1.17. The minimum Gasteiger partial charge on any atom is -0.447 e. The molecule has 0 aliphatic rings. The van der Waals surface area contributed by atoms with Crippen LogP contribution < -0.4 is 10.5 Å². The highest BCUT2D eigenvalue weighted by Gasteiger charge is 2.06. The summed E-state index contributed by atoms with van der Waals surface area (Å²) in [5.41, 5.74) is 0.960. The lowest BCUT2D eigenvalue weighted by Gasteiger charge is -2.04. The van der Waals surface area contributed by atoms with E-state index in [1.807, 2.05) is 0 Å². The van der Waals surface area contributed by atoms with Gasteiger partial charge in [0.15, 0.2) is 6.39 Å². The number of nitrogens with two attached hydrogens (primary N) is 1. The molecule has 0 amide bonds. The number of oxazole rings is 1. The molecule has 0 bridgehead atoms. The van der Waals surface area contributed by atoms with Crippen LogP contribution in [0.25, 0.3) is 0 Å². The zero-order valence-electron chi connectivity index (χ0n) is 9.54. The Bertz CT molecular complexity index is 591. The molecule has 1 aromatic heterocycles. The van der Waals surface area contributed by atoms with Crippen LogP contribution in [0.4, 0.5) is 0 Å². The van der Waals surface area contributed by atoms with Crippen molar-refractivity contribution in [3.8, 4) is 0 Å². The van der Waals surface area contributed by atoms with Gasteiger partial charge in [0.25, 0.3) is 0 Å². The first-order valence-corrected chi connectivity index (χ1v) is 6.80. The minimum absolute atomic E-state index is 0.112. The summed E-state index contributed by atoms with van der Waals surface area (Å²) in [4.78, 5) is 3.91. The largest absolute Gasteiger partial charge is 0.447 e. The van der Waals surface area contributed by atoms with E-state index in [1.165, 1.54) is 18.5 Å². The van der Waals surface area contributed by atoms with Gasteiger partial charge in [0.05, 0.1) is 17.6 Å². The molecule has 96 valence electrons. The van der Waals surface area contributed by atoms with E-state index in [0.717, 1.165) is 11.3 Å². The number of nitrogens with zero attached hydrogens (tertiary/aromatic N) is 1. The monoisotopic (exact) mass is 267 g/mol. The molecular weight excluding hydrogens is 254 g/mol. The van der Waals surface area contributed by atoms with E-state index in [1.54, 1.807) is 18.3 Å². The highest BCUT2D eigenvalue weighted by molar-refractivity contribution is 7.89. The van der Waals surface area contributed by atoms with E-state index in [9.17, 15) is 8.42 Å². The quantitative estimate of drug-likeness (QED) is 0.827. The summed E-state index contributed by atoms with van der Waals surface area (Å²) in [6, 6.07) is 6.40. The van der Waals surface area contributed by atoms with Gasteiger partial charge in [0.2, 0.25) is 10.0 Å². The van der Waals surface area contributed by atoms with Crippen LogP contribution in [0.5, 0.6) is 0 Å². The second-order valence-corrected chi connectivity index (χ2v) is 5.32. The Hall–Kier alpha value is -1.70. The van der Waals surface area contributed by atoms with E-state index in [2.05, 4.69) is 10.3 Å². The molecule has 0 unspecified atom stereocenters. The van der Waals surface area contributed by atoms with Gasteiger partial charge in [-0.05, 0) is 17.7 Å². The summed E-state index contributed by atoms with van der Waals surface area (Å²) >= 11 is 0. The van der Waals surface area contributed by atoms with Crippen LogP contribution in [0.1, 0.15) is 11.3 Å². The molecule has 1 aromatic carbocycles. The fourth-order valence-corrected chi connectivity index (χ4v) is 1.97. The van der Waals surface area contributed by atoms with Crippen molar-refractivity contribution >= 4 is 10.0 Å². The zero-order chi connectivity index (χ0) is 13.0. The van der Waals surface area contributed by atoms with Gasteiger partial charge in [0, 0.05) is 6.54 Å². The minimum atomic E-state index is -3.62. The van der Waals surface area contributed by atoms with Crippen LogP contribution in [0, 0.1) is 0 Å². The number of hydrogen-bond donors (Lipinski definition) is 2. The summed E-state index contributed by atoms with van der Waals surface area (Å²) < 4.78 is 27.2. The molecule has 2 aromatic rings. The van der Waals surface area contributed by atoms with E-state index >= 15 is 0 Å². The summed E-state index contributed by atoms with van der Waals surface area (Å²) in [5, 5.41) is 8.16. The van der Waals surface area contributed by atoms with Crippen molar-refractivity contribution in [1.29, 1.82) is 0 Å². The maximum atomic E-state index is 11.1. The van der Waals surface area contributed by atoms with Crippen molar-refractivity contribution in [3.63, 3.8) is 0 Å². The molecule has 0 aliphatic carbocycles. The predicted molar refractivity (Wildman–Crippen MR) is 64.9 cm³/mol. The van der Waals surface area contributed by atoms with Gasteiger partial charge >= 0.3 is 0 Å². The Morgan fingerprint density at radius 1 is 1.22 bits per heavy atom. The summed E-state index contributed by atoms with van der Waals surface area (Å²) in [5.74, 6) is 0.746. The first-order chi connectivity index (χ1) is 8.55. The van der Waals surface area contributed by atoms with Crippen molar-refractivity contribution in [2.24, 2.45) is 5.14 Å². The lowest BCUT2D eigenvalue weighted by atomic mass is 10.2. The van der Waals surface area contributed by atoms with Crippen molar-refractivity contribution in [3.05, 3.63) is 48.2 Å². The third-order valence-electron chi connectivity index (χ3n) is 2.36. The zero-order valence-corrected chi connectivity index (χ0v) is 10.4. The van der Waals surface area contributed by atoms with Crippen LogP contribution in [0.3, 0.4) is 0 Å². The van der Waals surface area contributed by atoms with Crippen LogP contribution in [-0.2, 0) is 23.1 Å². The number of hydrogen-bond acceptors (Lipinski definition) is 5. The molecule has 1 heterocycles. The van der Waals surface area contributed by atoms with E-state index in [-0.39, 0.29) is 4.90 Å². The molecule has 3 N–H and O–H groups in total. The Morgan fingerprint density at radius 3 is 2.50 bits per heavy atom. The average Bonchev–Trinajstić information content (AvgIpc) is 2.82. The fraction of sp³-hybridized carbons (Fsp3) is 0.182. The second kappa shape index (κ2) is 5.30. The van der Waals surface area contributed by atoms with Gasteiger partial charge < -0.3 is 9.73 Å². The number of sulfonamides is 1. The second-order valence-electron chi connectivity index (χ2n) is 3.76. The number of primary sulfonamides is 1. The summed E-state index contributed by atoms with van der Waals surface area (Å²) in [7, 11) is -3.62. The normalized spacial score (nSPS) is 11.6. The predicted octanol–water partition coefficient (Wildman–Crippen LogP) is 0.612. The van der Waals surface area contributed by atoms with Crippen LogP contribution in [-0.4, -0.2) is 13.4 Å². The van der Waals surface area contributed by atoms with E-state index in [0.29, 0.717) is 13.1 Å². The van der Waals surface area contributed by atoms with E-state index in [4.69, 9.17) is 9.56 Å². The standard InChI is InChI=1S/C11H13N3O3S/c12-18(15,16)11-3-1-9(2-4-11)5-13-6-10-7-14-8-17-10/h1-4,7-8,13H,5-6H2,(H2,12,15,16). The molecule has 7 heteroatoms. The van der Waals surface area contributed by atoms with Crippen molar-refractivity contribution in [2.45, 2.75) is 18.0 Å². The Labute approximate surface area is 105 Å². The van der Waals surface area contributed by atoms with Crippen LogP contribution in [0.2, 0.25) is 0 Å². The topological polar surface area (TPSA) is 98.2 Å². The van der Waals surface area contributed by atoms with Crippen molar-refractivity contribution in [1.82, 2.24) is 10.3 Å². The smallest absolute Gasteiger partial charge is 0.238 e. The molecule has 0 spiro atoms. The first kappa shape index (κ1) is 12.7. The third-order valence-corrected chi connectivity index (χ3v) is 3.29. The van der Waals surface area contributed by atoms with E-state index < -0.39 is 10.0 Å². The van der Waals surface area contributed by atoms with Crippen LogP contribution in [0.15, 0.2) is 46.2 Å². The number of benzene rings is 1. The van der Waals surface area contributed by atoms with Gasteiger partial charge in [-0.1, -0.05) is 12.1 Å². The maximum absolute atomic E-state index is 11.1. The molecule has 0 saturated heterocycles. The molecule has 0 radical (unpaired) electrons. The SMILES string of the molecule is NS(=O)(=O)c1ccc(CNCc2cnco2)cc1. The van der Waals surface area contributed by atoms with Gasteiger partial charge in [0.1, 0.15) is 5.76 Å². The molecular formula is C11H13N3O3S. The Kier molecular flexibility index (Phi) is 3.75. The Balaban J connectivity index is 1.91. The van der Waals surface area contributed by atoms with Gasteiger partial charge in [-0.2, -0.15) is 0 Å². The maximum Gasteiger partial charge on any atom is 0.238 e. The molecule has 0 fully saturated rings. The average molecular weight is 267 g/mol. The van der Waals surface area contributed by atoms with Gasteiger partial charge in [-0.25, -0.2) is 18.5 Å². The van der Waals surface area contributed by atoms with Gasteiger partial charge in [-0.3, -0.25) is 0 Å². The highest BCUT2D eigenvalue weighted by atomic mass is 32.2. The van der Waals surface area contributed by atoms with Gasteiger partial charge in [-0.15, -0.1) is 0 Å². The van der Waals surface area contributed by atoms with Crippen molar-refractivity contribution in [2.75, 3.05) is 0 Å². The molecule has 6 nitrogen and oxygen atoms in total. The molecule has 0 aliphatic heterocycles. The molecule has 0 saturated carbocycles. The van der Waals surface area contributed by atoms with Crippen LogP contribution >= 0.6 is 0 Å². The molecule has 0 atom stereocenters. The fourth-order valence-electron chi connectivity index (χ4n) is 1.46. The highest BCUT2D eigenvalue weighted by Crippen LogP contribution is 2.08. The number of aromatic nitrogens is 1. The molecule has 2 rings (SSSR count). The number of nitrogens with one attached hydrogen (secondary N) is 1. The molecule has 18 heavy (non-hydrogen) atoms. The summed E-state index contributed by atoms with van der Waals surface area (Å²) in [6.07, 6.45) is 3.01. The number of rotatable bonds is 5. The lowest BCUT2D eigenvalue weighted by Crippen LogP contribution is -2.14. The first-order valence-electron chi connectivity index (χ1n) is 5.25. The third kappa shape index (κ3) is 3.39. The Morgan fingerprint density at radius 2 is 1.94 bits per heavy atom. The van der Waals surface area contributed by atoms with Crippen molar-refractivity contribution < 1.29 is 12.8 Å².